The molecule has 1 aliphatic carbocycles. The van der Waals surface area contributed by atoms with Crippen LogP contribution in [0.15, 0.2) is 29.2 Å². The second-order valence-corrected chi connectivity index (χ2v) is 7.25. The van der Waals surface area contributed by atoms with E-state index < -0.39 is 26.7 Å². The molecule has 0 radical (unpaired) electrons. The topological polar surface area (TPSA) is 46.2 Å². The Hall–Kier alpha value is -1.08. The third-order valence-corrected chi connectivity index (χ3v) is 5.40. The van der Waals surface area contributed by atoms with E-state index in [1.807, 2.05) is 0 Å². The summed E-state index contributed by atoms with van der Waals surface area (Å²) in [6.45, 7) is 2.09. The Morgan fingerprint density at radius 2 is 1.67 bits per heavy atom. The molecule has 1 aromatic rings. The van der Waals surface area contributed by atoms with Crippen LogP contribution in [-0.4, -0.2) is 14.5 Å². The van der Waals surface area contributed by atoms with Crippen LogP contribution in [0, 0.1) is 5.92 Å². The molecule has 1 aliphatic rings. The van der Waals surface area contributed by atoms with Crippen LogP contribution in [0.1, 0.15) is 38.2 Å². The molecule has 0 aliphatic heterocycles. The zero-order valence-corrected chi connectivity index (χ0v) is 12.5. The van der Waals surface area contributed by atoms with Gasteiger partial charge in [-0.3, -0.25) is 0 Å². The van der Waals surface area contributed by atoms with E-state index in [9.17, 15) is 21.6 Å². The lowest BCUT2D eigenvalue weighted by atomic mass is 9.88. The Morgan fingerprint density at radius 1 is 1.10 bits per heavy atom. The summed E-state index contributed by atoms with van der Waals surface area (Å²) in [6.07, 6.45) is -1.60. The van der Waals surface area contributed by atoms with Crippen LogP contribution in [-0.2, 0) is 16.2 Å². The Morgan fingerprint density at radius 3 is 2.24 bits per heavy atom. The van der Waals surface area contributed by atoms with Crippen LogP contribution in [0.4, 0.5) is 13.2 Å². The Kier molecular flexibility index (Phi) is 4.63. The summed E-state index contributed by atoms with van der Waals surface area (Å²) in [7, 11) is -4.16. The molecule has 0 aromatic heterocycles. The van der Waals surface area contributed by atoms with Crippen LogP contribution in [0.2, 0.25) is 0 Å². The van der Waals surface area contributed by atoms with Crippen molar-refractivity contribution >= 4 is 10.0 Å². The monoisotopic (exact) mass is 321 g/mol. The van der Waals surface area contributed by atoms with E-state index in [1.54, 1.807) is 0 Å². The molecule has 1 saturated carbocycles. The highest BCUT2D eigenvalue weighted by molar-refractivity contribution is 7.89. The lowest BCUT2D eigenvalue weighted by molar-refractivity contribution is -0.139. The second-order valence-electron chi connectivity index (χ2n) is 5.57. The maximum atomic E-state index is 12.9. The normalized spacial score (nSPS) is 24.0. The summed E-state index contributed by atoms with van der Waals surface area (Å²) in [5, 5.41) is 0. The van der Waals surface area contributed by atoms with Crippen molar-refractivity contribution in [2.75, 3.05) is 0 Å². The number of halogens is 3. The quantitative estimate of drug-likeness (QED) is 0.925. The Labute approximate surface area is 122 Å². The summed E-state index contributed by atoms with van der Waals surface area (Å²) in [5.41, 5.74) is -1.12. The molecule has 0 amide bonds. The molecule has 0 saturated heterocycles. The van der Waals surface area contributed by atoms with Crippen LogP contribution in [0.5, 0.6) is 0 Å². The van der Waals surface area contributed by atoms with Gasteiger partial charge in [-0.25, -0.2) is 13.1 Å². The van der Waals surface area contributed by atoms with Gasteiger partial charge in [-0.15, -0.1) is 0 Å². The highest BCUT2D eigenvalue weighted by Crippen LogP contribution is 2.34. The largest absolute Gasteiger partial charge is 0.417 e. The average molecular weight is 321 g/mol. The number of hydrogen-bond donors (Lipinski definition) is 1. The fourth-order valence-corrected chi connectivity index (χ4v) is 4.13. The van der Waals surface area contributed by atoms with Crippen LogP contribution in [0.25, 0.3) is 0 Å². The van der Waals surface area contributed by atoms with Gasteiger partial charge in [-0.05, 0) is 43.7 Å². The van der Waals surface area contributed by atoms with Gasteiger partial charge in [-0.2, -0.15) is 13.2 Å². The van der Waals surface area contributed by atoms with Gasteiger partial charge in [0.2, 0.25) is 10.0 Å². The molecule has 0 atom stereocenters. The van der Waals surface area contributed by atoms with Gasteiger partial charge in [0, 0.05) is 6.04 Å². The smallest absolute Gasteiger partial charge is 0.208 e. The molecule has 0 heterocycles. The lowest BCUT2D eigenvalue weighted by Crippen LogP contribution is -2.38. The first-order valence-electron chi connectivity index (χ1n) is 6.88. The van der Waals surface area contributed by atoms with E-state index in [-0.39, 0.29) is 6.04 Å². The van der Waals surface area contributed by atoms with Gasteiger partial charge in [0.25, 0.3) is 0 Å². The van der Waals surface area contributed by atoms with E-state index >= 15 is 0 Å². The maximum Gasteiger partial charge on any atom is 0.417 e. The predicted octanol–water partition coefficient (Wildman–Crippen LogP) is 3.56. The molecule has 2 rings (SSSR count). The number of rotatable bonds is 3. The van der Waals surface area contributed by atoms with Crippen LogP contribution >= 0.6 is 0 Å². The second kappa shape index (κ2) is 5.96. The third-order valence-electron chi connectivity index (χ3n) is 3.82. The van der Waals surface area contributed by atoms with Gasteiger partial charge < -0.3 is 0 Å². The molecule has 3 nitrogen and oxygen atoms in total. The minimum atomic E-state index is -4.69. The summed E-state index contributed by atoms with van der Waals surface area (Å²) in [5.74, 6) is 0.535. The molecule has 0 spiro atoms. The van der Waals surface area contributed by atoms with E-state index in [0.29, 0.717) is 18.8 Å². The van der Waals surface area contributed by atoms with Crippen LogP contribution in [0.3, 0.4) is 0 Å². The maximum absolute atomic E-state index is 12.9. The van der Waals surface area contributed by atoms with Crippen molar-refractivity contribution in [1.29, 1.82) is 0 Å². The van der Waals surface area contributed by atoms with Crippen molar-refractivity contribution in [3.05, 3.63) is 29.8 Å². The Bertz CT molecular complexity index is 590. The molecule has 1 N–H and O–H groups in total. The van der Waals surface area contributed by atoms with Gasteiger partial charge in [0.05, 0.1) is 10.5 Å². The fraction of sp³-hybridized carbons (Fsp3) is 0.571. The van der Waals surface area contributed by atoms with E-state index in [0.717, 1.165) is 25.0 Å². The summed E-state index contributed by atoms with van der Waals surface area (Å²) >= 11 is 0. The van der Waals surface area contributed by atoms with Crippen molar-refractivity contribution in [3.8, 4) is 0 Å². The van der Waals surface area contributed by atoms with Crippen molar-refractivity contribution in [1.82, 2.24) is 4.72 Å². The highest BCUT2D eigenvalue weighted by atomic mass is 32.2. The molecule has 0 bridgehead atoms. The fourth-order valence-electron chi connectivity index (χ4n) is 2.60. The van der Waals surface area contributed by atoms with Gasteiger partial charge in [0.15, 0.2) is 0 Å². The van der Waals surface area contributed by atoms with Gasteiger partial charge >= 0.3 is 6.18 Å². The number of hydrogen-bond acceptors (Lipinski definition) is 2. The summed E-state index contributed by atoms with van der Waals surface area (Å²) in [6, 6.07) is 3.98. The summed E-state index contributed by atoms with van der Waals surface area (Å²) in [4.78, 5) is -0.698. The standard InChI is InChI=1S/C14H18F3NO2S/c1-10-6-8-11(9-7-10)18-21(19,20)13-5-3-2-4-12(13)14(15,16)17/h2-5,10-11,18H,6-9H2,1H3. The summed E-state index contributed by atoms with van der Waals surface area (Å²) < 4.78 is 65.6. The molecular formula is C14H18F3NO2S. The number of benzene rings is 1. The van der Waals surface area contributed by atoms with Crippen molar-refractivity contribution < 1.29 is 21.6 Å². The Balaban J connectivity index is 2.24. The lowest BCUT2D eigenvalue weighted by Gasteiger charge is -2.27. The minimum Gasteiger partial charge on any atom is -0.208 e. The third kappa shape index (κ3) is 3.97. The molecule has 1 fully saturated rings. The number of sulfonamides is 1. The zero-order valence-electron chi connectivity index (χ0n) is 11.7. The minimum absolute atomic E-state index is 0.285. The number of alkyl halides is 3. The highest BCUT2D eigenvalue weighted by Gasteiger charge is 2.37. The van der Waals surface area contributed by atoms with Crippen molar-refractivity contribution in [2.45, 2.75) is 49.7 Å². The SMILES string of the molecule is CC1CCC(NS(=O)(=O)c2ccccc2C(F)(F)F)CC1. The number of nitrogens with one attached hydrogen (secondary N) is 1. The molecular weight excluding hydrogens is 303 g/mol. The molecule has 118 valence electrons. The first-order valence-corrected chi connectivity index (χ1v) is 8.37. The predicted molar refractivity (Wildman–Crippen MR) is 73.2 cm³/mol. The van der Waals surface area contributed by atoms with Crippen molar-refractivity contribution in [3.63, 3.8) is 0 Å². The van der Waals surface area contributed by atoms with Crippen molar-refractivity contribution in [2.24, 2.45) is 5.92 Å². The van der Waals surface area contributed by atoms with Gasteiger partial charge in [0.1, 0.15) is 0 Å². The van der Waals surface area contributed by atoms with Crippen LogP contribution < -0.4 is 4.72 Å². The first kappa shape index (κ1) is 16.3. The molecule has 1 aromatic carbocycles. The zero-order chi connectivity index (χ0) is 15.7. The van der Waals surface area contributed by atoms with E-state index in [1.165, 1.54) is 12.1 Å². The molecule has 0 unspecified atom stereocenters. The van der Waals surface area contributed by atoms with E-state index in [4.69, 9.17) is 0 Å². The first-order chi connectivity index (χ1) is 9.70. The van der Waals surface area contributed by atoms with E-state index in [2.05, 4.69) is 11.6 Å². The molecule has 21 heavy (non-hydrogen) atoms. The van der Waals surface area contributed by atoms with Gasteiger partial charge in [-0.1, -0.05) is 19.1 Å². The molecule has 7 heteroatoms. The average Bonchev–Trinajstić information content (AvgIpc) is 2.40.